The molecule has 0 radical (unpaired) electrons. The van der Waals surface area contributed by atoms with Crippen molar-refractivity contribution in [1.82, 2.24) is 0 Å². The minimum Gasteiger partial charge on any atom is -0.485 e. The molecule has 1 aromatic rings. The van der Waals surface area contributed by atoms with Gasteiger partial charge in [0.2, 0.25) is 0 Å². The molecule has 1 aliphatic rings. The Labute approximate surface area is 84.5 Å². The molecule has 0 spiro atoms. The Balaban J connectivity index is 2.53. The van der Waals surface area contributed by atoms with Gasteiger partial charge in [-0.3, -0.25) is 0 Å². The number of nitrogens with two attached hydrogens (primary N) is 1. The zero-order chi connectivity index (χ0) is 10.3. The molecule has 1 atom stereocenters. The molecule has 1 aromatic carbocycles. The molecule has 2 N–H and O–H groups in total. The van der Waals surface area contributed by atoms with Crippen LogP contribution in [0.1, 0.15) is 12.5 Å². The van der Waals surface area contributed by atoms with Crippen molar-refractivity contribution in [2.24, 2.45) is 0 Å². The third-order valence-electron chi connectivity index (χ3n) is 2.50. The second kappa shape index (κ2) is 3.08. The number of likely N-dealkylation sites (N-methyl/N-ethyl adjacent to an activating group) is 1. The van der Waals surface area contributed by atoms with Gasteiger partial charge >= 0.3 is 0 Å². The number of benzene rings is 1. The number of rotatable bonds is 0. The Morgan fingerprint density at radius 1 is 1.50 bits per heavy atom. The van der Waals surface area contributed by atoms with E-state index in [0.717, 1.165) is 23.7 Å². The number of fused-ring (bicyclic) bond motifs is 1. The van der Waals surface area contributed by atoms with E-state index in [0.29, 0.717) is 0 Å². The summed E-state index contributed by atoms with van der Waals surface area (Å²) in [4.78, 5) is 2.19. The molecule has 0 aromatic heterocycles. The van der Waals surface area contributed by atoms with E-state index in [2.05, 4.69) is 24.9 Å². The number of nitrogen functional groups attached to an aromatic ring is 1. The Morgan fingerprint density at radius 3 is 2.93 bits per heavy atom. The van der Waals surface area contributed by atoms with Gasteiger partial charge in [-0.2, -0.15) is 0 Å². The summed E-state index contributed by atoms with van der Waals surface area (Å²) in [6.07, 6.45) is 0.206. The minimum absolute atomic E-state index is 0.206. The summed E-state index contributed by atoms with van der Waals surface area (Å²) in [5, 5.41) is 0. The van der Waals surface area contributed by atoms with E-state index in [9.17, 15) is 0 Å². The Hall–Kier alpha value is -1.38. The van der Waals surface area contributed by atoms with Crippen molar-refractivity contribution in [2.45, 2.75) is 20.0 Å². The van der Waals surface area contributed by atoms with Crippen molar-refractivity contribution in [3.05, 3.63) is 17.7 Å². The predicted molar refractivity (Wildman–Crippen MR) is 59.0 cm³/mol. The molecule has 0 bridgehead atoms. The normalized spacial score (nSPS) is 20.2. The fourth-order valence-electron chi connectivity index (χ4n) is 1.92. The van der Waals surface area contributed by atoms with Crippen LogP contribution < -0.4 is 15.4 Å². The van der Waals surface area contributed by atoms with E-state index in [1.54, 1.807) is 0 Å². The minimum atomic E-state index is 0.206. The van der Waals surface area contributed by atoms with Gasteiger partial charge < -0.3 is 15.4 Å². The van der Waals surface area contributed by atoms with Gasteiger partial charge in [-0.25, -0.2) is 0 Å². The molecule has 1 unspecified atom stereocenters. The standard InChI is InChI=1S/C11H16N2O/c1-7-4-9(12)11-10(5-7)13(3)6-8(2)14-11/h4-5,8H,6,12H2,1-3H3. The van der Waals surface area contributed by atoms with E-state index in [-0.39, 0.29) is 6.10 Å². The van der Waals surface area contributed by atoms with Crippen molar-refractivity contribution in [2.75, 3.05) is 24.2 Å². The van der Waals surface area contributed by atoms with Crippen LogP contribution in [0.15, 0.2) is 12.1 Å². The van der Waals surface area contributed by atoms with Crippen LogP contribution >= 0.6 is 0 Å². The molecule has 0 aliphatic carbocycles. The maximum absolute atomic E-state index is 5.91. The van der Waals surface area contributed by atoms with Gasteiger partial charge in [0.15, 0.2) is 5.75 Å². The second-order valence-corrected chi connectivity index (χ2v) is 4.01. The number of nitrogens with zero attached hydrogens (tertiary/aromatic N) is 1. The summed E-state index contributed by atoms with van der Waals surface area (Å²) in [5.41, 5.74) is 8.92. The lowest BCUT2D eigenvalue weighted by Crippen LogP contribution is -2.35. The van der Waals surface area contributed by atoms with Crippen molar-refractivity contribution >= 4 is 11.4 Å². The third kappa shape index (κ3) is 1.39. The van der Waals surface area contributed by atoms with Crippen molar-refractivity contribution in [3.63, 3.8) is 0 Å². The zero-order valence-electron chi connectivity index (χ0n) is 8.87. The molecule has 0 saturated heterocycles. The van der Waals surface area contributed by atoms with Crippen molar-refractivity contribution < 1.29 is 4.74 Å². The molecular formula is C11H16N2O. The van der Waals surface area contributed by atoms with E-state index < -0.39 is 0 Å². The molecule has 1 aliphatic heterocycles. The lowest BCUT2D eigenvalue weighted by molar-refractivity contribution is 0.217. The molecule has 2 rings (SSSR count). The van der Waals surface area contributed by atoms with Crippen molar-refractivity contribution in [1.29, 1.82) is 0 Å². The highest BCUT2D eigenvalue weighted by Crippen LogP contribution is 2.38. The first kappa shape index (κ1) is 9.19. The highest BCUT2D eigenvalue weighted by Gasteiger charge is 2.22. The summed E-state index contributed by atoms with van der Waals surface area (Å²) >= 11 is 0. The van der Waals surface area contributed by atoms with Crippen LogP contribution in [0.2, 0.25) is 0 Å². The highest BCUT2D eigenvalue weighted by atomic mass is 16.5. The van der Waals surface area contributed by atoms with Crippen LogP contribution in [-0.2, 0) is 0 Å². The van der Waals surface area contributed by atoms with Gasteiger partial charge in [0.05, 0.1) is 17.9 Å². The monoisotopic (exact) mass is 192 g/mol. The first-order valence-electron chi connectivity index (χ1n) is 4.86. The number of ether oxygens (including phenoxy) is 1. The lowest BCUT2D eigenvalue weighted by Gasteiger charge is -2.33. The molecule has 3 heteroatoms. The Kier molecular flexibility index (Phi) is 2.02. The van der Waals surface area contributed by atoms with E-state index >= 15 is 0 Å². The summed E-state index contributed by atoms with van der Waals surface area (Å²) in [6.45, 7) is 5.01. The van der Waals surface area contributed by atoms with Crippen LogP contribution in [0.3, 0.4) is 0 Å². The van der Waals surface area contributed by atoms with Crippen LogP contribution in [0.4, 0.5) is 11.4 Å². The van der Waals surface area contributed by atoms with E-state index in [1.807, 2.05) is 13.0 Å². The number of hydrogen-bond donors (Lipinski definition) is 1. The molecule has 3 nitrogen and oxygen atoms in total. The van der Waals surface area contributed by atoms with Crippen LogP contribution in [0.25, 0.3) is 0 Å². The largest absolute Gasteiger partial charge is 0.485 e. The molecule has 0 amide bonds. The van der Waals surface area contributed by atoms with Crippen LogP contribution in [-0.4, -0.2) is 19.7 Å². The number of aryl methyl sites for hydroxylation is 1. The second-order valence-electron chi connectivity index (χ2n) is 4.01. The molecule has 0 fully saturated rings. The lowest BCUT2D eigenvalue weighted by atomic mass is 10.1. The topological polar surface area (TPSA) is 38.5 Å². The number of anilines is 2. The predicted octanol–water partition coefficient (Wildman–Crippen LogP) is 1.79. The smallest absolute Gasteiger partial charge is 0.165 e. The van der Waals surface area contributed by atoms with Gasteiger partial charge in [0, 0.05) is 7.05 Å². The highest BCUT2D eigenvalue weighted by molar-refractivity contribution is 5.72. The van der Waals surface area contributed by atoms with Crippen LogP contribution in [0, 0.1) is 6.92 Å². The fourth-order valence-corrected chi connectivity index (χ4v) is 1.92. The van der Waals surface area contributed by atoms with Gasteiger partial charge in [-0.15, -0.1) is 0 Å². The maximum atomic E-state index is 5.91. The SMILES string of the molecule is Cc1cc(N)c2c(c1)N(C)CC(C)O2. The van der Waals surface area contributed by atoms with E-state index in [1.165, 1.54) is 5.56 Å². The average molecular weight is 192 g/mol. The fraction of sp³-hybridized carbons (Fsp3) is 0.455. The first-order chi connectivity index (χ1) is 6.58. The van der Waals surface area contributed by atoms with Gasteiger partial charge in [0.1, 0.15) is 6.10 Å². The summed E-state index contributed by atoms with van der Waals surface area (Å²) in [5.74, 6) is 0.830. The summed E-state index contributed by atoms with van der Waals surface area (Å²) in [6, 6.07) is 4.06. The summed E-state index contributed by atoms with van der Waals surface area (Å²) < 4.78 is 5.72. The Bertz CT molecular complexity index is 363. The number of hydrogen-bond acceptors (Lipinski definition) is 3. The van der Waals surface area contributed by atoms with Crippen molar-refractivity contribution in [3.8, 4) is 5.75 Å². The summed E-state index contributed by atoms with van der Waals surface area (Å²) in [7, 11) is 2.07. The van der Waals surface area contributed by atoms with E-state index in [4.69, 9.17) is 10.5 Å². The van der Waals surface area contributed by atoms with Gasteiger partial charge in [0.25, 0.3) is 0 Å². The quantitative estimate of drug-likeness (QED) is 0.637. The zero-order valence-corrected chi connectivity index (χ0v) is 8.87. The average Bonchev–Trinajstić information content (AvgIpc) is 2.07. The Morgan fingerprint density at radius 2 is 2.21 bits per heavy atom. The molecule has 14 heavy (non-hydrogen) atoms. The van der Waals surface area contributed by atoms with Gasteiger partial charge in [-0.1, -0.05) is 0 Å². The third-order valence-corrected chi connectivity index (χ3v) is 2.50. The van der Waals surface area contributed by atoms with Gasteiger partial charge in [-0.05, 0) is 31.5 Å². The maximum Gasteiger partial charge on any atom is 0.165 e. The molecular weight excluding hydrogens is 176 g/mol. The molecule has 76 valence electrons. The molecule has 0 saturated carbocycles. The molecule has 1 heterocycles. The first-order valence-corrected chi connectivity index (χ1v) is 4.86. The van der Waals surface area contributed by atoms with Crippen LogP contribution in [0.5, 0.6) is 5.75 Å².